The number of nitrogens with zero attached hydrogens (tertiary/aromatic N) is 4. The Morgan fingerprint density at radius 2 is 1.00 bits per heavy atom. The molecule has 0 bridgehead atoms. The SMILES string of the molecule is c1ccc(N2CCCN(CN3CCCN(c4ccccc4)C3)C2)cc1. The standard InChI is InChI=1S/C21H28N4/c1-3-9-20(10-4-1)24-15-7-13-22(18-24)17-23-14-8-16-25(19-23)21-11-5-2-6-12-21/h1-6,9-12H,7-8,13-19H2. The minimum Gasteiger partial charge on any atom is -0.358 e. The van der Waals surface area contributed by atoms with Gasteiger partial charge in [0.15, 0.2) is 0 Å². The number of benzene rings is 2. The van der Waals surface area contributed by atoms with Gasteiger partial charge >= 0.3 is 0 Å². The smallest absolute Gasteiger partial charge is 0.0717 e. The van der Waals surface area contributed by atoms with Gasteiger partial charge in [0.05, 0.1) is 20.0 Å². The van der Waals surface area contributed by atoms with Crippen molar-refractivity contribution in [3.05, 3.63) is 60.7 Å². The van der Waals surface area contributed by atoms with Crippen molar-refractivity contribution in [2.45, 2.75) is 12.8 Å². The van der Waals surface area contributed by atoms with Crippen LogP contribution in [0.2, 0.25) is 0 Å². The minimum atomic E-state index is 1.03. The first-order valence-electron chi connectivity index (χ1n) is 9.43. The van der Waals surface area contributed by atoms with Crippen molar-refractivity contribution in [1.29, 1.82) is 0 Å². The first kappa shape index (κ1) is 16.4. The Balaban J connectivity index is 1.35. The van der Waals surface area contributed by atoms with Crippen LogP contribution < -0.4 is 9.80 Å². The Labute approximate surface area is 151 Å². The summed E-state index contributed by atoms with van der Waals surface area (Å²) in [6.45, 7) is 7.86. The maximum atomic E-state index is 2.59. The van der Waals surface area contributed by atoms with E-state index in [4.69, 9.17) is 0 Å². The third-order valence-corrected chi connectivity index (χ3v) is 5.19. The molecular formula is C21H28N4. The lowest BCUT2D eigenvalue weighted by Crippen LogP contribution is -2.53. The molecule has 2 aliphatic heterocycles. The molecule has 0 radical (unpaired) electrons. The summed E-state index contributed by atoms with van der Waals surface area (Å²) in [5, 5.41) is 0. The summed E-state index contributed by atoms with van der Waals surface area (Å²) in [5.74, 6) is 0. The van der Waals surface area contributed by atoms with Crippen molar-refractivity contribution < 1.29 is 0 Å². The molecule has 0 aliphatic carbocycles. The summed E-state index contributed by atoms with van der Waals surface area (Å²) in [6.07, 6.45) is 2.48. The quantitative estimate of drug-likeness (QED) is 0.849. The highest BCUT2D eigenvalue weighted by atomic mass is 15.4. The third-order valence-electron chi connectivity index (χ3n) is 5.19. The zero-order chi connectivity index (χ0) is 16.9. The van der Waals surface area contributed by atoms with Crippen LogP contribution in [-0.2, 0) is 0 Å². The molecule has 4 nitrogen and oxygen atoms in total. The average molecular weight is 336 g/mol. The number of anilines is 2. The predicted octanol–water partition coefficient (Wildman–Crippen LogP) is 3.28. The molecule has 0 N–H and O–H groups in total. The first-order chi connectivity index (χ1) is 12.4. The lowest BCUT2D eigenvalue weighted by Gasteiger charge is -2.43. The second-order valence-electron chi connectivity index (χ2n) is 7.12. The summed E-state index contributed by atoms with van der Waals surface area (Å²) < 4.78 is 0. The van der Waals surface area contributed by atoms with Crippen LogP contribution in [0.1, 0.15) is 12.8 Å². The van der Waals surface area contributed by atoms with Crippen molar-refractivity contribution >= 4 is 11.4 Å². The summed E-state index contributed by atoms with van der Waals surface area (Å²) in [5.41, 5.74) is 2.69. The van der Waals surface area contributed by atoms with Crippen molar-refractivity contribution in [1.82, 2.24) is 9.80 Å². The van der Waals surface area contributed by atoms with Crippen LogP contribution >= 0.6 is 0 Å². The molecule has 4 rings (SSSR count). The van der Waals surface area contributed by atoms with E-state index in [1.54, 1.807) is 0 Å². The van der Waals surface area contributed by atoms with Crippen LogP contribution in [0, 0.1) is 0 Å². The Bertz CT molecular complexity index is 588. The van der Waals surface area contributed by atoms with Gasteiger partial charge in [-0.25, -0.2) is 0 Å². The zero-order valence-corrected chi connectivity index (χ0v) is 14.9. The topological polar surface area (TPSA) is 13.0 Å². The van der Waals surface area contributed by atoms with E-state index in [1.165, 1.54) is 37.3 Å². The van der Waals surface area contributed by atoms with Gasteiger partial charge in [0.1, 0.15) is 0 Å². The molecule has 2 aromatic carbocycles. The fraction of sp³-hybridized carbons (Fsp3) is 0.429. The highest BCUT2D eigenvalue weighted by Crippen LogP contribution is 2.20. The molecule has 4 heteroatoms. The number of rotatable bonds is 4. The Kier molecular flexibility index (Phi) is 5.19. The van der Waals surface area contributed by atoms with E-state index in [1.807, 2.05) is 0 Å². The molecule has 2 fully saturated rings. The molecule has 132 valence electrons. The van der Waals surface area contributed by atoms with Crippen LogP contribution in [0.5, 0.6) is 0 Å². The summed E-state index contributed by atoms with van der Waals surface area (Å²) >= 11 is 0. The monoisotopic (exact) mass is 336 g/mol. The molecule has 2 aromatic rings. The van der Waals surface area contributed by atoms with Gasteiger partial charge in [0, 0.05) is 37.6 Å². The molecule has 2 heterocycles. The molecule has 0 spiro atoms. The molecule has 0 unspecified atom stereocenters. The lowest BCUT2D eigenvalue weighted by molar-refractivity contribution is 0.107. The van der Waals surface area contributed by atoms with Crippen LogP contribution in [0.4, 0.5) is 11.4 Å². The Morgan fingerprint density at radius 3 is 1.44 bits per heavy atom. The van der Waals surface area contributed by atoms with Gasteiger partial charge in [-0.2, -0.15) is 0 Å². The van der Waals surface area contributed by atoms with Crippen LogP contribution in [0.3, 0.4) is 0 Å². The molecule has 25 heavy (non-hydrogen) atoms. The van der Waals surface area contributed by atoms with Crippen LogP contribution in [0.25, 0.3) is 0 Å². The molecule has 0 atom stereocenters. The molecule has 2 saturated heterocycles. The van der Waals surface area contributed by atoms with Crippen LogP contribution in [-0.4, -0.2) is 56.0 Å². The molecule has 0 amide bonds. The zero-order valence-electron chi connectivity index (χ0n) is 14.9. The van der Waals surface area contributed by atoms with E-state index in [0.29, 0.717) is 0 Å². The fourth-order valence-electron chi connectivity index (χ4n) is 3.95. The fourth-order valence-corrected chi connectivity index (χ4v) is 3.95. The van der Waals surface area contributed by atoms with Gasteiger partial charge in [0.2, 0.25) is 0 Å². The summed E-state index contributed by atoms with van der Waals surface area (Å²) in [7, 11) is 0. The second kappa shape index (κ2) is 7.89. The van der Waals surface area contributed by atoms with Crippen LogP contribution in [0.15, 0.2) is 60.7 Å². The number of para-hydroxylation sites is 2. The largest absolute Gasteiger partial charge is 0.358 e. The van der Waals surface area contributed by atoms with E-state index < -0.39 is 0 Å². The number of hydrogen-bond acceptors (Lipinski definition) is 4. The van der Waals surface area contributed by atoms with Gasteiger partial charge in [0.25, 0.3) is 0 Å². The highest BCUT2D eigenvalue weighted by Gasteiger charge is 2.23. The Hall–Kier alpha value is -2.04. The van der Waals surface area contributed by atoms with Gasteiger partial charge < -0.3 is 9.80 Å². The number of hydrogen-bond donors (Lipinski definition) is 0. The predicted molar refractivity (Wildman–Crippen MR) is 105 cm³/mol. The highest BCUT2D eigenvalue weighted by molar-refractivity contribution is 5.46. The second-order valence-corrected chi connectivity index (χ2v) is 7.12. The first-order valence-corrected chi connectivity index (χ1v) is 9.43. The van der Waals surface area contributed by atoms with Crippen molar-refractivity contribution in [2.75, 3.05) is 56.0 Å². The van der Waals surface area contributed by atoms with E-state index in [-0.39, 0.29) is 0 Å². The molecule has 0 aromatic heterocycles. The summed E-state index contributed by atoms with van der Waals surface area (Å²) in [4.78, 5) is 10.2. The van der Waals surface area contributed by atoms with Crippen molar-refractivity contribution in [2.24, 2.45) is 0 Å². The molecule has 2 aliphatic rings. The van der Waals surface area contributed by atoms with Crippen molar-refractivity contribution in [3.63, 3.8) is 0 Å². The summed E-state index contributed by atoms with van der Waals surface area (Å²) in [6, 6.07) is 21.6. The van der Waals surface area contributed by atoms with E-state index in [0.717, 1.165) is 33.1 Å². The van der Waals surface area contributed by atoms with Gasteiger partial charge in [-0.15, -0.1) is 0 Å². The average Bonchev–Trinajstić information content (AvgIpc) is 2.70. The lowest BCUT2D eigenvalue weighted by atomic mass is 10.2. The molecular weight excluding hydrogens is 308 g/mol. The normalized spacial score (nSPS) is 20.0. The van der Waals surface area contributed by atoms with Gasteiger partial charge in [-0.05, 0) is 37.1 Å². The van der Waals surface area contributed by atoms with Gasteiger partial charge in [-0.3, -0.25) is 9.80 Å². The Morgan fingerprint density at radius 1 is 0.560 bits per heavy atom. The minimum absolute atomic E-state index is 1.03. The van der Waals surface area contributed by atoms with Gasteiger partial charge in [-0.1, -0.05) is 36.4 Å². The maximum absolute atomic E-state index is 2.59. The third kappa shape index (κ3) is 4.14. The molecule has 0 saturated carbocycles. The maximum Gasteiger partial charge on any atom is 0.0717 e. The van der Waals surface area contributed by atoms with E-state index in [9.17, 15) is 0 Å². The van der Waals surface area contributed by atoms with Crippen molar-refractivity contribution in [3.8, 4) is 0 Å². The van der Waals surface area contributed by atoms with E-state index in [2.05, 4.69) is 80.3 Å². The van der Waals surface area contributed by atoms with E-state index >= 15 is 0 Å².